The van der Waals surface area contributed by atoms with Gasteiger partial charge in [-0.05, 0) is 12.0 Å². The molecule has 0 saturated carbocycles. The zero-order valence-corrected chi connectivity index (χ0v) is 11.6. The smallest absolute Gasteiger partial charge is 0.407 e. The summed E-state index contributed by atoms with van der Waals surface area (Å²) in [6.45, 7) is 0.718. The fraction of sp³-hybridized carbons (Fsp3) is 0.250. The molecule has 0 atom stereocenters. The van der Waals surface area contributed by atoms with Gasteiger partial charge in [0.05, 0.1) is 24.6 Å². The number of carboxylic acid groups (broad SMARTS) is 1. The van der Waals surface area contributed by atoms with Crippen molar-refractivity contribution in [3.63, 3.8) is 0 Å². The molecule has 2 aromatic rings. The molecule has 0 saturated heterocycles. The van der Waals surface area contributed by atoms with Gasteiger partial charge in [0.1, 0.15) is 5.15 Å². The second-order valence-electron chi connectivity index (χ2n) is 4.47. The zero-order chi connectivity index (χ0) is 14.8. The first-order valence-corrected chi connectivity index (χ1v) is 6.57. The SMILES string of the molecule is O=C(O)N1CCc2cnc(Nc3cnc(Cl)cn3)nc2C1. The summed E-state index contributed by atoms with van der Waals surface area (Å²) >= 11 is 5.66. The van der Waals surface area contributed by atoms with Gasteiger partial charge in [-0.25, -0.2) is 24.7 Å². The number of fused-ring (bicyclic) bond motifs is 1. The van der Waals surface area contributed by atoms with Gasteiger partial charge in [-0.3, -0.25) is 0 Å². The van der Waals surface area contributed by atoms with Crippen LogP contribution < -0.4 is 5.32 Å². The van der Waals surface area contributed by atoms with Crippen molar-refractivity contribution in [3.05, 3.63) is 35.0 Å². The molecule has 0 spiro atoms. The number of nitrogens with one attached hydrogen (secondary N) is 1. The highest BCUT2D eigenvalue weighted by atomic mass is 35.5. The van der Waals surface area contributed by atoms with Crippen LogP contribution in [-0.4, -0.2) is 42.6 Å². The second kappa shape index (κ2) is 5.49. The number of carbonyl (C=O) groups is 1. The van der Waals surface area contributed by atoms with Gasteiger partial charge in [0, 0.05) is 12.7 Å². The topological polar surface area (TPSA) is 104 Å². The Hall–Kier alpha value is -2.48. The molecule has 108 valence electrons. The van der Waals surface area contributed by atoms with Gasteiger partial charge in [0.15, 0.2) is 5.82 Å². The lowest BCUT2D eigenvalue weighted by Crippen LogP contribution is -2.35. The van der Waals surface area contributed by atoms with E-state index < -0.39 is 6.09 Å². The van der Waals surface area contributed by atoms with Gasteiger partial charge in [-0.2, -0.15) is 0 Å². The summed E-state index contributed by atoms with van der Waals surface area (Å²) < 4.78 is 0. The van der Waals surface area contributed by atoms with Gasteiger partial charge in [0.25, 0.3) is 0 Å². The Morgan fingerprint density at radius 2 is 2.14 bits per heavy atom. The van der Waals surface area contributed by atoms with E-state index in [1.54, 1.807) is 6.20 Å². The summed E-state index contributed by atoms with van der Waals surface area (Å²) in [6, 6.07) is 0. The van der Waals surface area contributed by atoms with E-state index in [4.69, 9.17) is 16.7 Å². The normalized spacial score (nSPS) is 13.7. The number of hydrogen-bond donors (Lipinski definition) is 2. The molecule has 0 aliphatic carbocycles. The molecule has 0 unspecified atom stereocenters. The average molecular weight is 307 g/mol. The van der Waals surface area contributed by atoms with Crippen LogP contribution in [0.25, 0.3) is 0 Å². The van der Waals surface area contributed by atoms with Crippen molar-refractivity contribution in [1.29, 1.82) is 0 Å². The van der Waals surface area contributed by atoms with Crippen molar-refractivity contribution in [2.75, 3.05) is 11.9 Å². The number of amides is 1. The lowest BCUT2D eigenvalue weighted by molar-refractivity contribution is 0.139. The molecule has 1 aliphatic heterocycles. The minimum Gasteiger partial charge on any atom is -0.465 e. The highest BCUT2D eigenvalue weighted by molar-refractivity contribution is 6.29. The summed E-state index contributed by atoms with van der Waals surface area (Å²) in [7, 11) is 0. The summed E-state index contributed by atoms with van der Waals surface area (Å²) in [4.78, 5) is 28.8. The Bertz CT molecular complexity index is 678. The van der Waals surface area contributed by atoms with Crippen molar-refractivity contribution in [1.82, 2.24) is 24.8 Å². The van der Waals surface area contributed by atoms with Crippen LogP contribution >= 0.6 is 11.6 Å². The van der Waals surface area contributed by atoms with E-state index in [2.05, 4.69) is 25.3 Å². The van der Waals surface area contributed by atoms with E-state index in [9.17, 15) is 4.79 Å². The van der Waals surface area contributed by atoms with Gasteiger partial charge < -0.3 is 15.3 Å². The summed E-state index contributed by atoms with van der Waals surface area (Å²) in [5.41, 5.74) is 1.66. The molecular formula is C12H11ClN6O2. The van der Waals surface area contributed by atoms with Crippen LogP contribution in [-0.2, 0) is 13.0 Å². The van der Waals surface area contributed by atoms with Gasteiger partial charge in [-0.1, -0.05) is 11.6 Å². The van der Waals surface area contributed by atoms with Crippen LogP contribution in [0.2, 0.25) is 5.15 Å². The molecule has 0 bridgehead atoms. The van der Waals surface area contributed by atoms with Crippen molar-refractivity contribution in [3.8, 4) is 0 Å². The minimum absolute atomic E-state index is 0.258. The van der Waals surface area contributed by atoms with Crippen LogP contribution in [0, 0.1) is 0 Å². The maximum absolute atomic E-state index is 11.0. The third-order valence-corrected chi connectivity index (χ3v) is 3.27. The number of nitrogens with zero attached hydrogens (tertiary/aromatic N) is 5. The van der Waals surface area contributed by atoms with E-state index in [1.807, 2.05) is 0 Å². The monoisotopic (exact) mass is 306 g/mol. The van der Waals surface area contributed by atoms with Crippen molar-refractivity contribution < 1.29 is 9.90 Å². The lowest BCUT2D eigenvalue weighted by atomic mass is 10.1. The summed E-state index contributed by atoms with van der Waals surface area (Å²) in [6.07, 6.45) is 4.25. The predicted octanol–water partition coefficient (Wildman–Crippen LogP) is 1.70. The first-order chi connectivity index (χ1) is 10.1. The fourth-order valence-corrected chi connectivity index (χ4v) is 2.12. The molecule has 9 heteroatoms. The quantitative estimate of drug-likeness (QED) is 0.870. The molecule has 2 N–H and O–H groups in total. The molecule has 0 aromatic carbocycles. The largest absolute Gasteiger partial charge is 0.465 e. The Morgan fingerprint density at radius 1 is 1.29 bits per heavy atom. The third kappa shape index (κ3) is 3.00. The van der Waals surface area contributed by atoms with E-state index in [1.165, 1.54) is 17.3 Å². The average Bonchev–Trinajstić information content (AvgIpc) is 2.49. The van der Waals surface area contributed by atoms with Gasteiger partial charge >= 0.3 is 6.09 Å². The summed E-state index contributed by atoms with van der Waals surface area (Å²) in [5.74, 6) is 0.808. The number of rotatable bonds is 2. The van der Waals surface area contributed by atoms with Crippen molar-refractivity contribution in [2.45, 2.75) is 13.0 Å². The molecule has 0 radical (unpaired) electrons. The van der Waals surface area contributed by atoms with Crippen LogP contribution in [0.5, 0.6) is 0 Å². The van der Waals surface area contributed by atoms with E-state index >= 15 is 0 Å². The molecule has 21 heavy (non-hydrogen) atoms. The summed E-state index contributed by atoms with van der Waals surface area (Å²) in [5, 5.41) is 12.2. The number of hydrogen-bond acceptors (Lipinski definition) is 6. The molecular weight excluding hydrogens is 296 g/mol. The molecule has 3 heterocycles. The van der Waals surface area contributed by atoms with E-state index in [0.717, 1.165) is 5.56 Å². The maximum Gasteiger partial charge on any atom is 0.407 e. The van der Waals surface area contributed by atoms with Crippen LogP contribution in [0.3, 0.4) is 0 Å². The maximum atomic E-state index is 11.0. The molecule has 1 amide bonds. The number of aromatic nitrogens is 4. The van der Waals surface area contributed by atoms with E-state index in [-0.39, 0.29) is 6.54 Å². The number of anilines is 2. The Balaban J connectivity index is 1.80. The minimum atomic E-state index is -0.947. The van der Waals surface area contributed by atoms with Crippen molar-refractivity contribution in [2.24, 2.45) is 0 Å². The lowest BCUT2D eigenvalue weighted by Gasteiger charge is -2.25. The predicted molar refractivity (Wildman–Crippen MR) is 74.5 cm³/mol. The second-order valence-corrected chi connectivity index (χ2v) is 4.86. The molecule has 0 fully saturated rings. The van der Waals surface area contributed by atoms with Crippen molar-refractivity contribution >= 4 is 29.5 Å². The molecule has 3 rings (SSSR count). The Kier molecular flexibility index (Phi) is 3.53. The van der Waals surface area contributed by atoms with Crippen LogP contribution in [0.1, 0.15) is 11.3 Å². The third-order valence-electron chi connectivity index (χ3n) is 3.08. The Morgan fingerprint density at radius 3 is 2.86 bits per heavy atom. The van der Waals surface area contributed by atoms with E-state index in [0.29, 0.717) is 35.6 Å². The number of halogens is 1. The first-order valence-electron chi connectivity index (χ1n) is 6.19. The van der Waals surface area contributed by atoms with Gasteiger partial charge in [-0.15, -0.1) is 0 Å². The highest BCUT2D eigenvalue weighted by Crippen LogP contribution is 2.19. The van der Waals surface area contributed by atoms with Crippen LogP contribution in [0.15, 0.2) is 18.6 Å². The van der Waals surface area contributed by atoms with Gasteiger partial charge in [0.2, 0.25) is 5.95 Å². The standard InChI is InChI=1S/C12H11ClN6O2/c13-9-4-15-10(5-14-9)18-11-16-3-7-1-2-19(12(20)21)6-8(7)17-11/h3-5H,1-2,6H2,(H,20,21)(H,15,16,17,18). The Labute approximate surface area is 124 Å². The van der Waals surface area contributed by atoms with Crippen LogP contribution in [0.4, 0.5) is 16.6 Å². The first kappa shape index (κ1) is 13.5. The zero-order valence-electron chi connectivity index (χ0n) is 10.8. The fourth-order valence-electron chi connectivity index (χ4n) is 2.02. The highest BCUT2D eigenvalue weighted by Gasteiger charge is 2.21. The molecule has 8 nitrogen and oxygen atoms in total. The molecule has 2 aromatic heterocycles. The molecule has 1 aliphatic rings.